The van der Waals surface area contributed by atoms with Crippen LogP contribution in [0.5, 0.6) is 0 Å². The number of hydrogen-bond donors (Lipinski definition) is 1. The molecule has 1 saturated carbocycles. The topological polar surface area (TPSA) is 82.9 Å². The van der Waals surface area contributed by atoms with E-state index in [4.69, 9.17) is 4.42 Å². The number of carbonyl (C=O) groups is 3. The highest BCUT2D eigenvalue weighted by Gasteiger charge is 2.55. The Kier molecular flexibility index (Phi) is 4.11. The van der Waals surface area contributed by atoms with Crippen molar-refractivity contribution in [3.63, 3.8) is 0 Å². The molecule has 1 spiro atoms. The van der Waals surface area contributed by atoms with Crippen molar-refractivity contribution in [3.8, 4) is 0 Å². The van der Waals surface area contributed by atoms with E-state index in [1.54, 1.807) is 19.2 Å². The molecule has 0 aromatic carbocycles. The molecule has 1 aliphatic heterocycles. The summed E-state index contributed by atoms with van der Waals surface area (Å²) in [6, 6.07) is 3.10. The maximum atomic E-state index is 12.7. The van der Waals surface area contributed by atoms with Crippen molar-refractivity contribution in [1.29, 1.82) is 0 Å². The lowest BCUT2D eigenvalue weighted by Crippen LogP contribution is -2.49. The number of furan rings is 1. The van der Waals surface area contributed by atoms with E-state index in [2.05, 4.69) is 5.32 Å². The van der Waals surface area contributed by atoms with Crippen LogP contribution in [0, 0.1) is 0 Å². The molecule has 1 saturated heterocycles. The first-order chi connectivity index (χ1) is 11.0. The number of urea groups is 1. The van der Waals surface area contributed by atoms with E-state index < -0.39 is 5.54 Å². The van der Waals surface area contributed by atoms with Crippen molar-refractivity contribution in [3.05, 3.63) is 24.2 Å². The molecule has 1 N–H and O–H groups in total. The molecule has 3 rings (SSSR count). The molecule has 4 amide bonds. The van der Waals surface area contributed by atoms with Crippen LogP contribution in [0.25, 0.3) is 0 Å². The van der Waals surface area contributed by atoms with Gasteiger partial charge in [-0.1, -0.05) is 19.3 Å². The highest BCUT2D eigenvalue weighted by atomic mass is 16.3. The minimum atomic E-state index is -0.739. The van der Waals surface area contributed by atoms with Crippen LogP contribution in [0.1, 0.15) is 37.9 Å². The second-order valence-corrected chi connectivity index (χ2v) is 6.18. The fourth-order valence-electron chi connectivity index (χ4n) is 3.47. The van der Waals surface area contributed by atoms with Gasteiger partial charge in [-0.2, -0.15) is 0 Å². The van der Waals surface area contributed by atoms with Crippen LogP contribution in [0.3, 0.4) is 0 Å². The van der Waals surface area contributed by atoms with Crippen LogP contribution < -0.4 is 5.32 Å². The van der Waals surface area contributed by atoms with E-state index in [-0.39, 0.29) is 30.9 Å². The van der Waals surface area contributed by atoms with Crippen molar-refractivity contribution in [2.24, 2.45) is 0 Å². The van der Waals surface area contributed by atoms with Crippen LogP contribution >= 0.6 is 0 Å². The third-order valence-electron chi connectivity index (χ3n) is 4.83. The average Bonchev–Trinajstić information content (AvgIpc) is 3.14. The molecule has 0 atom stereocenters. The van der Waals surface area contributed by atoms with Gasteiger partial charge in [-0.3, -0.25) is 14.5 Å². The third kappa shape index (κ3) is 2.71. The molecule has 7 heteroatoms. The van der Waals surface area contributed by atoms with Gasteiger partial charge < -0.3 is 14.6 Å². The van der Waals surface area contributed by atoms with Crippen molar-refractivity contribution < 1.29 is 18.8 Å². The number of hydrogen-bond acceptors (Lipinski definition) is 4. The SMILES string of the molecule is CN1C(=O)N(CC(=O)NCc2ccco2)C(=O)C12CCCCC2. The summed E-state index contributed by atoms with van der Waals surface area (Å²) < 4.78 is 5.13. The Labute approximate surface area is 134 Å². The van der Waals surface area contributed by atoms with Gasteiger partial charge in [-0.15, -0.1) is 0 Å². The first kappa shape index (κ1) is 15.6. The van der Waals surface area contributed by atoms with Gasteiger partial charge >= 0.3 is 6.03 Å². The van der Waals surface area contributed by atoms with E-state index in [0.29, 0.717) is 18.6 Å². The largest absolute Gasteiger partial charge is 0.467 e. The van der Waals surface area contributed by atoms with Crippen molar-refractivity contribution in [2.75, 3.05) is 13.6 Å². The zero-order chi connectivity index (χ0) is 16.4. The Bertz CT molecular complexity index is 605. The molecule has 0 unspecified atom stereocenters. The summed E-state index contributed by atoms with van der Waals surface area (Å²) in [5, 5.41) is 2.66. The van der Waals surface area contributed by atoms with Gasteiger partial charge in [0.05, 0.1) is 12.8 Å². The number of nitrogens with one attached hydrogen (secondary N) is 1. The van der Waals surface area contributed by atoms with Crippen LogP contribution in [0.4, 0.5) is 4.79 Å². The lowest BCUT2D eigenvalue weighted by Gasteiger charge is -2.35. The summed E-state index contributed by atoms with van der Waals surface area (Å²) in [5.74, 6) is 0.0144. The van der Waals surface area contributed by atoms with E-state index in [1.165, 1.54) is 11.2 Å². The standard InChI is InChI=1S/C16H21N3O4/c1-18-15(22)19(14(21)16(18)7-3-2-4-8-16)11-13(20)17-10-12-6-5-9-23-12/h5-6,9H,2-4,7-8,10-11H2,1H3,(H,17,20). The first-order valence-electron chi connectivity index (χ1n) is 7.93. The Morgan fingerprint density at radius 3 is 2.70 bits per heavy atom. The number of nitrogens with zero attached hydrogens (tertiary/aromatic N) is 2. The van der Waals surface area contributed by atoms with Crippen LogP contribution in [0.2, 0.25) is 0 Å². The second-order valence-electron chi connectivity index (χ2n) is 6.18. The maximum Gasteiger partial charge on any atom is 0.327 e. The highest BCUT2D eigenvalue weighted by molar-refractivity contribution is 6.08. The Hall–Kier alpha value is -2.31. The lowest BCUT2D eigenvalue weighted by atomic mass is 9.81. The van der Waals surface area contributed by atoms with Gasteiger partial charge in [-0.05, 0) is 25.0 Å². The summed E-state index contributed by atoms with van der Waals surface area (Å²) in [7, 11) is 1.66. The van der Waals surface area contributed by atoms with E-state index in [1.807, 2.05) is 0 Å². The Balaban J connectivity index is 1.64. The fourth-order valence-corrected chi connectivity index (χ4v) is 3.47. The zero-order valence-corrected chi connectivity index (χ0v) is 13.2. The summed E-state index contributed by atoms with van der Waals surface area (Å²) in [6.07, 6.45) is 5.83. The number of amides is 4. The molecule has 1 aliphatic carbocycles. The number of rotatable bonds is 4. The molecule has 2 fully saturated rings. The molecular formula is C16H21N3O4. The number of likely N-dealkylation sites (N-methyl/N-ethyl adjacent to an activating group) is 1. The molecule has 23 heavy (non-hydrogen) atoms. The van der Waals surface area contributed by atoms with Crippen molar-refractivity contribution >= 4 is 17.8 Å². The molecule has 1 aromatic rings. The smallest absolute Gasteiger partial charge is 0.327 e. The van der Waals surface area contributed by atoms with Gasteiger partial charge in [0.1, 0.15) is 17.8 Å². The van der Waals surface area contributed by atoms with E-state index >= 15 is 0 Å². The van der Waals surface area contributed by atoms with Crippen LogP contribution in [0.15, 0.2) is 22.8 Å². The normalized spacial score (nSPS) is 20.4. The molecule has 0 radical (unpaired) electrons. The third-order valence-corrected chi connectivity index (χ3v) is 4.83. The molecule has 0 bridgehead atoms. The lowest BCUT2D eigenvalue weighted by molar-refractivity contribution is -0.137. The molecule has 1 aromatic heterocycles. The van der Waals surface area contributed by atoms with Gasteiger partial charge in [0, 0.05) is 7.05 Å². The monoisotopic (exact) mass is 319 g/mol. The second kappa shape index (κ2) is 6.06. The quantitative estimate of drug-likeness (QED) is 0.852. The number of imide groups is 1. The molecule has 2 heterocycles. The van der Waals surface area contributed by atoms with E-state index in [0.717, 1.165) is 24.2 Å². The van der Waals surface area contributed by atoms with Crippen molar-refractivity contribution in [2.45, 2.75) is 44.2 Å². The number of carbonyl (C=O) groups excluding carboxylic acids is 3. The maximum absolute atomic E-state index is 12.7. The van der Waals surface area contributed by atoms with Crippen LogP contribution in [-0.4, -0.2) is 46.8 Å². The van der Waals surface area contributed by atoms with E-state index in [9.17, 15) is 14.4 Å². The Morgan fingerprint density at radius 1 is 1.30 bits per heavy atom. The summed E-state index contributed by atoms with van der Waals surface area (Å²) in [4.78, 5) is 39.8. The average molecular weight is 319 g/mol. The predicted molar refractivity (Wildman–Crippen MR) is 81.2 cm³/mol. The van der Waals surface area contributed by atoms with Crippen molar-refractivity contribution in [1.82, 2.24) is 15.1 Å². The minimum Gasteiger partial charge on any atom is -0.467 e. The van der Waals surface area contributed by atoms with Gasteiger partial charge in [-0.25, -0.2) is 4.79 Å². The fraction of sp³-hybridized carbons (Fsp3) is 0.562. The highest BCUT2D eigenvalue weighted by Crippen LogP contribution is 2.39. The Morgan fingerprint density at radius 2 is 2.04 bits per heavy atom. The van der Waals surface area contributed by atoms with Crippen LogP contribution in [-0.2, 0) is 16.1 Å². The molecular weight excluding hydrogens is 298 g/mol. The summed E-state index contributed by atoms with van der Waals surface area (Å²) in [6.45, 7) is -0.00645. The molecule has 7 nitrogen and oxygen atoms in total. The molecule has 2 aliphatic rings. The van der Waals surface area contributed by atoms with Gasteiger partial charge in [0.15, 0.2) is 0 Å². The molecule has 124 valence electrons. The first-order valence-corrected chi connectivity index (χ1v) is 7.93. The summed E-state index contributed by atoms with van der Waals surface area (Å²) in [5.41, 5.74) is -0.739. The van der Waals surface area contributed by atoms with Gasteiger partial charge in [0.2, 0.25) is 5.91 Å². The summed E-state index contributed by atoms with van der Waals surface area (Å²) >= 11 is 0. The zero-order valence-electron chi connectivity index (χ0n) is 13.2. The minimum absolute atomic E-state index is 0.238. The predicted octanol–water partition coefficient (Wildman–Crippen LogP) is 1.49. The van der Waals surface area contributed by atoms with Gasteiger partial charge in [0.25, 0.3) is 5.91 Å².